The fourth-order valence-electron chi connectivity index (χ4n) is 2.06. The van der Waals surface area contributed by atoms with Gasteiger partial charge < -0.3 is 11.1 Å². The highest BCUT2D eigenvalue weighted by molar-refractivity contribution is 5.76. The molecule has 1 atom stereocenters. The Hall–Kier alpha value is -0.870. The van der Waals surface area contributed by atoms with Crippen molar-refractivity contribution in [1.82, 2.24) is 10.2 Å². The van der Waals surface area contributed by atoms with E-state index in [1.807, 2.05) is 6.08 Å². The molecular formula is C11H21N3O. The van der Waals surface area contributed by atoms with Crippen LogP contribution in [0.1, 0.15) is 19.8 Å². The van der Waals surface area contributed by atoms with Gasteiger partial charge in [0.25, 0.3) is 0 Å². The molecule has 1 unspecified atom stereocenters. The zero-order valence-corrected chi connectivity index (χ0v) is 9.41. The second-order valence-corrected chi connectivity index (χ2v) is 4.10. The number of nitrogens with zero attached hydrogens (tertiary/aromatic N) is 1. The van der Waals surface area contributed by atoms with Crippen molar-refractivity contribution in [3.63, 3.8) is 0 Å². The van der Waals surface area contributed by atoms with Crippen LogP contribution in [0.25, 0.3) is 0 Å². The molecule has 15 heavy (non-hydrogen) atoms. The topological polar surface area (TPSA) is 58.4 Å². The van der Waals surface area contributed by atoms with E-state index >= 15 is 0 Å². The van der Waals surface area contributed by atoms with Crippen LogP contribution >= 0.6 is 0 Å². The predicted octanol–water partition coefficient (Wildman–Crippen LogP) is 0.100. The molecule has 1 aliphatic heterocycles. The summed E-state index contributed by atoms with van der Waals surface area (Å²) in [6.45, 7) is 8.19. The summed E-state index contributed by atoms with van der Waals surface area (Å²) in [7, 11) is 0. The molecule has 1 amide bonds. The van der Waals surface area contributed by atoms with Gasteiger partial charge in [0, 0.05) is 12.1 Å². The minimum Gasteiger partial charge on any atom is -0.369 e. The Morgan fingerprint density at radius 3 is 2.73 bits per heavy atom. The lowest BCUT2D eigenvalue weighted by atomic mass is 10.0. The Bertz CT molecular complexity index is 224. The first-order valence-corrected chi connectivity index (χ1v) is 5.52. The third kappa shape index (κ3) is 3.64. The molecule has 1 aliphatic rings. The molecule has 0 aromatic heterocycles. The summed E-state index contributed by atoms with van der Waals surface area (Å²) in [4.78, 5) is 13.2. The van der Waals surface area contributed by atoms with Crippen molar-refractivity contribution >= 4 is 5.91 Å². The van der Waals surface area contributed by atoms with Crippen molar-refractivity contribution in [1.29, 1.82) is 0 Å². The average molecular weight is 211 g/mol. The van der Waals surface area contributed by atoms with E-state index < -0.39 is 0 Å². The van der Waals surface area contributed by atoms with E-state index in [9.17, 15) is 4.79 Å². The minimum absolute atomic E-state index is 0.209. The lowest BCUT2D eigenvalue weighted by molar-refractivity contribution is -0.120. The van der Waals surface area contributed by atoms with Crippen molar-refractivity contribution in [3.8, 4) is 0 Å². The lowest BCUT2D eigenvalue weighted by Gasteiger charge is -2.36. The standard InChI is InChI=1S/C11H21N3O/c1-3-9(2)14(8-11(12)15)10-4-6-13-7-5-10/h3,9-10,13H,1,4-8H2,2H3,(H2,12,15). The molecule has 0 radical (unpaired) electrons. The van der Waals surface area contributed by atoms with Gasteiger partial charge in [0.1, 0.15) is 0 Å². The Balaban J connectivity index is 2.60. The van der Waals surface area contributed by atoms with Gasteiger partial charge in [-0.2, -0.15) is 0 Å². The van der Waals surface area contributed by atoms with Crippen molar-refractivity contribution in [2.45, 2.75) is 31.8 Å². The smallest absolute Gasteiger partial charge is 0.231 e. The van der Waals surface area contributed by atoms with Gasteiger partial charge in [0.2, 0.25) is 5.91 Å². The summed E-state index contributed by atoms with van der Waals surface area (Å²) in [5, 5.41) is 3.31. The third-order valence-corrected chi connectivity index (χ3v) is 2.98. The van der Waals surface area contributed by atoms with E-state index in [1.165, 1.54) is 0 Å². The Morgan fingerprint density at radius 1 is 1.67 bits per heavy atom. The molecule has 3 N–H and O–H groups in total. The molecule has 1 rings (SSSR count). The molecule has 0 aliphatic carbocycles. The molecule has 1 saturated heterocycles. The molecule has 0 saturated carbocycles. The quantitative estimate of drug-likeness (QED) is 0.634. The van der Waals surface area contributed by atoms with Gasteiger partial charge in [-0.25, -0.2) is 0 Å². The maximum absolute atomic E-state index is 11.0. The fraction of sp³-hybridized carbons (Fsp3) is 0.727. The van der Waals surface area contributed by atoms with Gasteiger partial charge in [-0.15, -0.1) is 6.58 Å². The maximum atomic E-state index is 11.0. The number of primary amides is 1. The summed E-state index contributed by atoms with van der Waals surface area (Å²) < 4.78 is 0. The first kappa shape index (κ1) is 12.2. The van der Waals surface area contributed by atoms with E-state index in [4.69, 9.17) is 5.73 Å². The molecule has 0 bridgehead atoms. The fourth-order valence-corrected chi connectivity index (χ4v) is 2.06. The van der Waals surface area contributed by atoms with Crippen molar-refractivity contribution in [2.24, 2.45) is 5.73 Å². The van der Waals surface area contributed by atoms with Crippen LogP contribution < -0.4 is 11.1 Å². The van der Waals surface area contributed by atoms with Crippen molar-refractivity contribution < 1.29 is 4.79 Å². The molecule has 0 aromatic carbocycles. The SMILES string of the molecule is C=CC(C)N(CC(N)=O)C1CCNCC1. The Morgan fingerprint density at radius 2 is 2.27 bits per heavy atom. The number of rotatable bonds is 5. The minimum atomic E-state index is -0.262. The number of nitrogens with two attached hydrogens (primary N) is 1. The van der Waals surface area contributed by atoms with Gasteiger partial charge in [0.15, 0.2) is 0 Å². The summed E-state index contributed by atoms with van der Waals surface area (Å²) >= 11 is 0. The van der Waals surface area contributed by atoms with Crippen LogP contribution in [0.4, 0.5) is 0 Å². The zero-order valence-electron chi connectivity index (χ0n) is 9.41. The van der Waals surface area contributed by atoms with E-state index in [1.54, 1.807) is 0 Å². The number of amides is 1. The average Bonchev–Trinajstić information content (AvgIpc) is 2.26. The van der Waals surface area contributed by atoms with E-state index in [0.717, 1.165) is 25.9 Å². The van der Waals surface area contributed by atoms with Crippen LogP contribution in [-0.4, -0.2) is 42.5 Å². The number of hydrogen-bond donors (Lipinski definition) is 2. The normalized spacial score (nSPS) is 20.1. The van der Waals surface area contributed by atoms with Crippen LogP contribution in [0.3, 0.4) is 0 Å². The highest BCUT2D eigenvalue weighted by Gasteiger charge is 2.24. The number of piperidine rings is 1. The Kier molecular flexibility index (Phi) is 4.78. The van der Waals surface area contributed by atoms with Crippen LogP contribution in [0.5, 0.6) is 0 Å². The van der Waals surface area contributed by atoms with E-state index in [0.29, 0.717) is 12.6 Å². The van der Waals surface area contributed by atoms with Crippen LogP contribution in [0.2, 0.25) is 0 Å². The number of carbonyl (C=O) groups is 1. The van der Waals surface area contributed by atoms with E-state index in [2.05, 4.69) is 23.7 Å². The second-order valence-electron chi connectivity index (χ2n) is 4.10. The first-order valence-electron chi connectivity index (χ1n) is 5.52. The first-order chi connectivity index (χ1) is 7.15. The largest absolute Gasteiger partial charge is 0.369 e. The maximum Gasteiger partial charge on any atom is 0.231 e. The van der Waals surface area contributed by atoms with Crippen molar-refractivity contribution in [3.05, 3.63) is 12.7 Å². The molecule has 1 fully saturated rings. The predicted molar refractivity (Wildman–Crippen MR) is 61.5 cm³/mol. The number of carbonyl (C=O) groups excluding carboxylic acids is 1. The molecule has 0 spiro atoms. The number of nitrogens with one attached hydrogen (secondary N) is 1. The van der Waals surface area contributed by atoms with Gasteiger partial charge in [-0.3, -0.25) is 9.69 Å². The molecule has 4 nitrogen and oxygen atoms in total. The zero-order chi connectivity index (χ0) is 11.3. The monoisotopic (exact) mass is 211 g/mol. The third-order valence-electron chi connectivity index (χ3n) is 2.98. The lowest BCUT2D eigenvalue weighted by Crippen LogP contribution is -2.49. The summed E-state index contributed by atoms with van der Waals surface area (Å²) in [6, 6.07) is 0.660. The van der Waals surface area contributed by atoms with Gasteiger partial charge in [-0.05, 0) is 32.9 Å². The summed E-state index contributed by atoms with van der Waals surface area (Å²) in [5.74, 6) is -0.262. The molecule has 1 heterocycles. The highest BCUT2D eigenvalue weighted by Crippen LogP contribution is 2.15. The summed E-state index contributed by atoms with van der Waals surface area (Å²) in [6.07, 6.45) is 4.02. The Labute approximate surface area is 91.5 Å². The molecule has 0 aromatic rings. The number of hydrogen-bond acceptors (Lipinski definition) is 3. The van der Waals surface area contributed by atoms with Crippen molar-refractivity contribution in [2.75, 3.05) is 19.6 Å². The molecule has 4 heteroatoms. The van der Waals surface area contributed by atoms with Gasteiger partial charge in [0.05, 0.1) is 6.54 Å². The van der Waals surface area contributed by atoms with Crippen LogP contribution in [-0.2, 0) is 4.79 Å². The highest BCUT2D eigenvalue weighted by atomic mass is 16.1. The van der Waals surface area contributed by atoms with Crippen LogP contribution in [0, 0.1) is 0 Å². The van der Waals surface area contributed by atoms with E-state index in [-0.39, 0.29) is 11.9 Å². The summed E-state index contributed by atoms with van der Waals surface area (Å²) in [5.41, 5.74) is 5.26. The second kappa shape index (κ2) is 5.88. The van der Waals surface area contributed by atoms with Crippen LogP contribution in [0.15, 0.2) is 12.7 Å². The van der Waals surface area contributed by atoms with Gasteiger partial charge >= 0.3 is 0 Å². The van der Waals surface area contributed by atoms with Gasteiger partial charge in [-0.1, -0.05) is 6.08 Å². The molecule has 86 valence electrons. The molecular weight excluding hydrogens is 190 g/mol.